The molecule has 5 rings (SSSR count). The first-order chi connectivity index (χ1) is 14.2. The normalized spacial score (nSPS) is 11.0. The smallest absolute Gasteiger partial charge is 0.343 e. The molecular formula is C24H14O5. The molecule has 0 saturated carbocycles. The number of esters is 2. The van der Waals surface area contributed by atoms with Crippen molar-refractivity contribution in [2.75, 3.05) is 0 Å². The Morgan fingerprint density at radius 3 is 1.34 bits per heavy atom. The van der Waals surface area contributed by atoms with Crippen molar-refractivity contribution in [2.45, 2.75) is 0 Å². The van der Waals surface area contributed by atoms with Crippen molar-refractivity contribution in [2.24, 2.45) is 0 Å². The molecule has 140 valence electrons. The van der Waals surface area contributed by atoms with Gasteiger partial charge < -0.3 is 13.9 Å². The maximum absolute atomic E-state index is 12.6. The largest absolute Gasteiger partial charge is 0.448 e. The van der Waals surface area contributed by atoms with E-state index in [-0.39, 0.29) is 11.5 Å². The van der Waals surface area contributed by atoms with Crippen LogP contribution in [-0.2, 0) is 0 Å². The predicted octanol–water partition coefficient (Wildman–Crippen LogP) is 5.46. The molecule has 0 saturated heterocycles. The first-order valence-corrected chi connectivity index (χ1v) is 9.03. The summed E-state index contributed by atoms with van der Waals surface area (Å²) < 4.78 is 17.1. The summed E-state index contributed by atoms with van der Waals surface area (Å²) in [5.41, 5.74) is 1.51. The second-order valence-electron chi connectivity index (χ2n) is 6.48. The van der Waals surface area contributed by atoms with Gasteiger partial charge in [0.15, 0.2) is 11.2 Å². The molecule has 0 N–H and O–H groups in total. The van der Waals surface area contributed by atoms with Crippen LogP contribution < -0.4 is 9.47 Å². The van der Waals surface area contributed by atoms with Gasteiger partial charge in [0.1, 0.15) is 0 Å². The summed E-state index contributed by atoms with van der Waals surface area (Å²) in [6.45, 7) is 0. The van der Waals surface area contributed by atoms with E-state index in [1.807, 2.05) is 36.4 Å². The molecule has 5 heteroatoms. The minimum Gasteiger partial charge on any atom is -0.448 e. The van der Waals surface area contributed by atoms with Gasteiger partial charge in [0.2, 0.25) is 11.5 Å². The van der Waals surface area contributed by atoms with E-state index in [0.29, 0.717) is 22.3 Å². The highest BCUT2D eigenvalue weighted by molar-refractivity contribution is 6.15. The van der Waals surface area contributed by atoms with E-state index in [0.717, 1.165) is 10.8 Å². The molecule has 0 aliphatic rings. The topological polar surface area (TPSA) is 65.7 Å². The van der Waals surface area contributed by atoms with Crippen molar-refractivity contribution in [1.29, 1.82) is 0 Å². The molecule has 29 heavy (non-hydrogen) atoms. The highest BCUT2D eigenvalue weighted by atomic mass is 16.6. The van der Waals surface area contributed by atoms with Gasteiger partial charge in [-0.3, -0.25) is 0 Å². The summed E-state index contributed by atoms with van der Waals surface area (Å²) >= 11 is 0. The van der Waals surface area contributed by atoms with Gasteiger partial charge in [0, 0.05) is 10.8 Å². The minimum atomic E-state index is -0.560. The number of benzene rings is 4. The van der Waals surface area contributed by atoms with Gasteiger partial charge >= 0.3 is 11.9 Å². The second-order valence-corrected chi connectivity index (χ2v) is 6.48. The van der Waals surface area contributed by atoms with Crippen LogP contribution in [0.5, 0.6) is 11.5 Å². The molecule has 5 aromatic rings. The Bertz CT molecular complexity index is 1220. The highest BCUT2D eigenvalue weighted by Crippen LogP contribution is 2.49. The van der Waals surface area contributed by atoms with E-state index in [2.05, 4.69) is 0 Å². The zero-order chi connectivity index (χ0) is 19.8. The van der Waals surface area contributed by atoms with E-state index in [4.69, 9.17) is 13.9 Å². The molecule has 0 fully saturated rings. The van der Waals surface area contributed by atoms with Crippen LogP contribution in [0.3, 0.4) is 0 Å². The summed E-state index contributed by atoms with van der Waals surface area (Å²) in [6, 6.07) is 24.7. The van der Waals surface area contributed by atoms with E-state index < -0.39 is 11.9 Å². The van der Waals surface area contributed by atoms with Crippen LogP contribution in [0, 0.1) is 0 Å². The van der Waals surface area contributed by atoms with Crippen LogP contribution in [0.1, 0.15) is 20.7 Å². The van der Waals surface area contributed by atoms with Gasteiger partial charge in [0.25, 0.3) is 0 Å². The van der Waals surface area contributed by atoms with E-state index in [9.17, 15) is 9.59 Å². The van der Waals surface area contributed by atoms with Gasteiger partial charge in [-0.25, -0.2) is 9.59 Å². The zero-order valence-corrected chi connectivity index (χ0v) is 15.1. The van der Waals surface area contributed by atoms with Gasteiger partial charge in [-0.15, -0.1) is 0 Å². The third kappa shape index (κ3) is 2.89. The number of carbonyl (C=O) groups excluding carboxylic acids is 2. The van der Waals surface area contributed by atoms with Crippen molar-refractivity contribution in [3.63, 3.8) is 0 Å². The Kier molecular flexibility index (Phi) is 3.99. The van der Waals surface area contributed by atoms with E-state index in [1.165, 1.54) is 0 Å². The molecule has 0 aliphatic carbocycles. The van der Waals surface area contributed by atoms with Crippen LogP contribution in [0.4, 0.5) is 0 Å². The van der Waals surface area contributed by atoms with Crippen LogP contribution in [-0.4, -0.2) is 11.9 Å². The van der Waals surface area contributed by atoms with Crippen LogP contribution >= 0.6 is 0 Å². The second kappa shape index (κ2) is 6.80. The lowest BCUT2D eigenvalue weighted by Crippen LogP contribution is -2.12. The van der Waals surface area contributed by atoms with E-state index >= 15 is 0 Å². The monoisotopic (exact) mass is 382 g/mol. The van der Waals surface area contributed by atoms with Crippen LogP contribution in [0.2, 0.25) is 0 Å². The van der Waals surface area contributed by atoms with Crippen LogP contribution in [0.25, 0.3) is 21.9 Å². The Morgan fingerprint density at radius 2 is 0.931 bits per heavy atom. The third-order valence-corrected chi connectivity index (χ3v) is 4.65. The molecule has 0 atom stereocenters. The summed E-state index contributed by atoms with van der Waals surface area (Å²) in [5, 5.41) is 1.58. The van der Waals surface area contributed by atoms with Gasteiger partial charge in [-0.05, 0) is 24.3 Å². The summed E-state index contributed by atoms with van der Waals surface area (Å²) in [5.74, 6) is -0.903. The Balaban J connectivity index is 1.59. The van der Waals surface area contributed by atoms with Gasteiger partial charge in [-0.2, -0.15) is 0 Å². The first kappa shape index (κ1) is 17.0. The quantitative estimate of drug-likeness (QED) is 0.305. The summed E-state index contributed by atoms with van der Waals surface area (Å²) in [4.78, 5) is 25.2. The number of furan rings is 2. The number of hydrogen-bond donors (Lipinski definition) is 0. The Hall–Kier alpha value is -4.12. The van der Waals surface area contributed by atoms with Gasteiger partial charge in [0.05, 0.1) is 11.1 Å². The maximum Gasteiger partial charge on any atom is 0.343 e. The average Bonchev–Trinajstić information content (AvgIpc) is 3.32. The molecule has 5 nitrogen and oxygen atoms in total. The summed E-state index contributed by atoms with van der Waals surface area (Å²) in [6.07, 6.45) is 0. The van der Waals surface area contributed by atoms with Crippen molar-refractivity contribution in [3.05, 3.63) is 96.1 Å². The fourth-order valence-corrected chi connectivity index (χ4v) is 3.27. The summed E-state index contributed by atoms with van der Waals surface area (Å²) in [7, 11) is 0. The third-order valence-electron chi connectivity index (χ3n) is 4.65. The lowest BCUT2D eigenvalue weighted by Gasteiger charge is -2.09. The highest BCUT2D eigenvalue weighted by Gasteiger charge is 2.29. The van der Waals surface area contributed by atoms with Crippen molar-refractivity contribution < 1.29 is 23.5 Å². The van der Waals surface area contributed by atoms with Crippen molar-refractivity contribution >= 4 is 33.9 Å². The minimum absolute atomic E-state index is 0.108. The molecule has 0 aliphatic heterocycles. The van der Waals surface area contributed by atoms with E-state index in [1.54, 1.807) is 48.5 Å². The molecule has 3 aromatic carbocycles. The molecule has 0 amide bonds. The predicted molar refractivity (Wildman–Crippen MR) is 108 cm³/mol. The molecule has 0 radical (unpaired) electrons. The van der Waals surface area contributed by atoms with Crippen LogP contribution in [0.15, 0.2) is 89.3 Å². The lowest BCUT2D eigenvalue weighted by atomic mass is 10.1. The average molecular weight is 382 g/mol. The molecule has 2 heterocycles. The fourth-order valence-electron chi connectivity index (χ4n) is 3.27. The SMILES string of the molecule is O=C(Oc1c(OC(=O)c2ccccc2)c2oc1c1ccccc21)c1ccccc1. The number of rotatable bonds is 4. The first-order valence-electron chi connectivity index (χ1n) is 9.03. The van der Waals surface area contributed by atoms with Crippen molar-refractivity contribution in [1.82, 2.24) is 0 Å². The standard InChI is InChI=1S/C24H14O5/c25-23(15-9-3-1-4-10-15)28-21-19-17-13-7-8-14-18(17)20(27-19)22(21)29-24(26)16-11-5-2-6-12-16/h1-14H. The number of hydrogen-bond acceptors (Lipinski definition) is 5. The molecule has 2 bridgehead atoms. The Morgan fingerprint density at radius 1 is 0.552 bits per heavy atom. The number of fused-ring (bicyclic) bond motifs is 5. The zero-order valence-electron chi connectivity index (χ0n) is 15.1. The number of ether oxygens (including phenoxy) is 2. The Labute approximate surface area is 165 Å². The maximum atomic E-state index is 12.6. The fraction of sp³-hybridized carbons (Fsp3) is 0. The molecule has 2 aromatic heterocycles. The molecular weight excluding hydrogens is 368 g/mol. The lowest BCUT2D eigenvalue weighted by molar-refractivity contribution is 0.0687. The molecule has 0 spiro atoms. The van der Waals surface area contributed by atoms with Crippen molar-refractivity contribution in [3.8, 4) is 11.5 Å². The van der Waals surface area contributed by atoms with Gasteiger partial charge in [-0.1, -0.05) is 60.7 Å². The number of carbonyl (C=O) groups is 2. The molecule has 0 unspecified atom stereocenters.